The molecule has 5 heteroatoms. The highest BCUT2D eigenvalue weighted by atomic mass is 16.5. The quantitative estimate of drug-likeness (QED) is 0.714. The van der Waals surface area contributed by atoms with Crippen LogP contribution in [0.3, 0.4) is 0 Å². The fraction of sp³-hybridized carbons (Fsp3) is 0.500. The van der Waals surface area contributed by atoms with Gasteiger partial charge in [-0.05, 0) is 37.4 Å². The second-order valence-electron chi connectivity index (χ2n) is 8.08. The molecule has 2 aromatic carbocycles. The van der Waals surface area contributed by atoms with E-state index in [1.54, 1.807) is 21.3 Å². The molecule has 0 bridgehead atoms. The molecule has 2 heterocycles. The molecule has 0 aliphatic carbocycles. The lowest BCUT2D eigenvalue weighted by molar-refractivity contribution is 0.0450. The van der Waals surface area contributed by atoms with Crippen molar-refractivity contribution < 1.29 is 14.2 Å². The van der Waals surface area contributed by atoms with E-state index in [1.807, 2.05) is 6.07 Å². The van der Waals surface area contributed by atoms with E-state index in [4.69, 9.17) is 14.2 Å². The molecule has 0 unspecified atom stereocenters. The Balaban J connectivity index is 1.60. The summed E-state index contributed by atoms with van der Waals surface area (Å²) >= 11 is 0. The van der Waals surface area contributed by atoms with Crippen LogP contribution in [0.5, 0.6) is 17.2 Å². The number of hydrogen-bond acceptors (Lipinski definition) is 5. The van der Waals surface area contributed by atoms with Crippen molar-refractivity contribution in [3.63, 3.8) is 0 Å². The zero-order chi connectivity index (χ0) is 20.2. The van der Waals surface area contributed by atoms with Gasteiger partial charge in [0.15, 0.2) is 11.5 Å². The van der Waals surface area contributed by atoms with Crippen molar-refractivity contribution >= 4 is 0 Å². The fourth-order valence-electron chi connectivity index (χ4n) is 4.86. The third kappa shape index (κ3) is 4.36. The Morgan fingerprint density at radius 1 is 0.897 bits per heavy atom. The van der Waals surface area contributed by atoms with Crippen LogP contribution in [0, 0.1) is 0 Å². The molecular weight excluding hydrogens is 364 g/mol. The predicted molar refractivity (Wildman–Crippen MR) is 115 cm³/mol. The molecule has 2 aliphatic heterocycles. The van der Waals surface area contributed by atoms with Crippen molar-refractivity contribution in [1.29, 1.82) is 0 Å². The molecule has 2 fully saturated rings. The molecule has 2 aromatic rings. The minimum Gasteiger partial charge on any atom is -0.496 e. The lowest BCUT2D eigenvalue weighted by Gasteiger charge is -2.44. The Kier molecular flexibility index (Phi) is 6.26. The second-order valence-corrected chi connectivity index (χ2v) is 8.08. The van der Waals surface area contributed by atoms with E-state index in [9.17, 15) is 0 Å². The second kappa shape index (κ2) is 9.06. The van der Waals surface area contributed by atoms with Gasteiger partial charge in [0.1, 0.15) is 5.75 Å². The van der Waals surface area contributed by atoms with Crippen molar-refractivity contribution in [2.75, 3.05) is 41.0 Å². The molecule has 29 heavy (non-hydrogen) atoms. The first-order valence-electron chi connectivity index (χ1n) is 10.5. The van der Waals surface area contributed by atoms with E-state index >= 15 is 0 Å². The maximum Gasteiger partial charge on any atom is 0.164 e. The van der Waals surface area contributed by atoms with Gasteiger partial charge in [-0.25, -0.2) is 0 Å². The molecule has 2 aliphatic rings. The van der Waals surface area contributed by atoms with Gasteiger partial charge in [-0.1, -0.05) is 30.3 Å². The van der Waals surface area contributed by atoms with E-state index in [0.29, 0.717) is 17.8 Å². The van der Waals surface area contributed by atoms with Crippen molar-refractivity contribution in [1.82, 2.24) is 9.80 Å². The van der Waals surface area contributed by atoms with Crippen molar-refractivity contribution in [2.45, 2.75) is 37.9 Å². The average molecular weight is 397 g/mol. The average Bonchev–Trinajstić information content (AvgIpc) is 3.21. The largest absolute Gasteiger partial charge is 0.496 e. The topological polar surface area (TPSA) is 34.2 Å². The van der Waals surface area contributed by atoms with Gasteiger partial charge < -0.3 is 14.2 Å². The van der Waals surface area contributed by atoms with Crippen LogP contribution in [0.4, 0.5) is 0 Å². The third-order valence-corrected chi connectivity index (χ3v) is 6.38. The molecule has 0 aromatic heterocycles. The van der Waals surface area contributed by atoms with Crippen LogP contribution in [0.15, 0.2) is 42.5 Å². The first-order chi connectivity index (χ1) is 14.2. The maximum absolute atomic E-state index is 5.70. The molecule has 4 rings (SSSR count). The summed E-state index contributed by atoms with van der Waals surface area (Å²) in [5.74, 6) is 2.31. The molecule has 2 saturated heterocycles. The molecule has 5 nitrogen and oxygen atoms in total. The first-order valence-corrected chi connectivity index (χ1v) is 10.5. The number of rotatable bonds is 7. The van der Waals surface area contributed by atoms with Crippen LogP contribution in [-0.2, 0) is 13.0 Å². The molecule has 0 saturated carbocycles. The van der Waals surface area contributed by atoms with E-state index < -0.39 is 0 Å². The summed E-state index contributed by atoms with van der Waals surface area (Å²) in [6.07, 6.45) is 3.69. The summed E-state index contributed by atoms with van der Waals surface area (Å²) in [5, 5.41) is 0. The summed E-state index contributed by atoms with van der Waals surface area (Å²) in [5.41, 5.74) is 2.55. The summed E-state index contributed by atoms with van der Waals surface area (Å²) in [6, 6.07) is 16.0. The van der Waals surface area contributed by atoms with E-state index in [0.717, 1.165) is 43.1 Å². The van der Waals surface area contributed by atoms with Crippen LogP contribution in [0.2, 0.25) is 0 Å². The predicted octanol–water partition coefficient (Wildman–Crippen LogP) is 3.60. The molecule has 0 amide bonds. The number of ether oxygens (including phenoxy) is 3. The van der Waals surface area contributed by atoms with Crippen LogP contribution in [-0.4, -0.2) is 62.8 Å². The van der Waals surface area contributed by atoms with Gasteiger partial charge in [0, 0.05) is 43.3 Å². The van der Waals surface area contributed by atoms with Crippen molar-refractivity contribution in [3.05, 3.63) is 53.6 Å². The number of fused-ring (bicyclic) bond motifs is 1. The first kappa shape index (κ1) is 20.0. The highest BCUT2D eigenvalue weighted by molar-refractivity contribution is 5.50. The number of hydrogen-bond donors (Lipinski definition) is 0. The van der Waals surface area contributed by atoms with Crippen LogP contribution in [0.1, 0.15) is 24.0 Å². The van der Waals surface area contributed by atoms with E-state index in [2.05, 4.69) is 46.2 Å². The molecular formula is C24H32N2O3. The Morgan fingerprint density at radius 3 is 2.34 bits per heavy atom. The maximum atomic E-state index is 5.70. The molecule has 2 atom stereocenters. The monoisotopic (exact) mass is 396 g/mol. The van der Waals surface area contributed by atoms with Gasteiger partial charge in [-0.2, -0.15) is 0 Å². The van der Waals surface area contributed by atoms with Crippen LogP contribution < -0.4 is 14.2 Å². The smallest absolute Gasteiger partial charge is 0.164 e. The van der Waals surface area contributed by atoms with Crippen LogP contribution in [0.25, 0.3) is 0 Å². The number of nitrogens with zero attached hydrogens (tertiary/aromatic N) is 2. The number of benzene rings is 2. The van der Waals surface area contributed by atoms with Gasteiger partial charge in [0.05, 0.1) is 21.3 Å². The SMILES string of the molecule is COc1cc(OC)c(OC)cc1CN1C[C@@H]2CCCN2C[C@@H]1Cc1ccccc1. The van der Waals surface area contributed by atoms with Gasteiger partial charge in [-0.15, -0.1) is 0 Å². The van der Waals surface area contributed by atoms with Crippen molar-refractivity contribution in [2.24, 2.45) is 0 Å². The fourth-order valence-corrected chi connectivity index (χ4v) is 4.86. The Morgan fingerprint density at radius 2 is 1.62 bits per heavy atom. The van der Waals surface area contributed by atoms with Gasteiger partial charge in [0.25, 0.3) is 0 Å². The van der Waals surface area contributed by atoms with Gasteiger partial charge >= 0.3 is 0 Å². The van der Waals surface area contributed by atoms with Gasteiger partial charge in [-0.3, -0.25) is 9.80 Å². The summed E-state index contributed by atoms with van der Waals surface area (Å²) in [4.78, 5) is 5.33. The number of methoxy groups -OCH3 is 3. The molecule has 0 spiro atoms. The Hall–Kier alpha value is -2.24. The zero-order valence-corrected chi connectivity index (χ0v) is 17.8. The minimum absolute atomic E-state index is 0.490. The minimum atomic E-state index is 0.490. The van der Waals surface area contributed by atoms with Crippen LogP contribution >= 0.6 is 0 Å². The molecule has 0 N–H and O–H groups in total. The van der Waals surface area contributed by atoms with Gasteiger partial charge in [0.2, 0.25) is 0 Å². The lowest BCUT2D eigenvalue weighted by Crippen LogP contribution is -2.56. The normalized spacial score (nSPS) is 22.3. The highest BCUT2D eigenvalue weighted by Gasteiger charge is 2.36. The van der Waals surface area contributed by atoms with E-state index in [-0.39, 0.29) is 0 Å². The summed E-state index contributed by atoms with van der Waals surface area (Å²) < 4.78 is 16.7. The molecule has 156 valence electrons. The van der Waals surface area contributed by atoms with Crippen molar-refractivity contribution in [3.8, 4) is 17.2 Å². The zero-order valence-electron chi connectivity index (χ0n) is 17.8. The lowest BCUT2D eigenvalue weighted by atomic mass is 9.98. The third-order valence-electron chi connectivity index (χ3n) is 6.38. The highest BCUT2D eigenvalue weighted by Crippen LogP contribution is 2.36. The van der Waals surface area contributed by atoms with E-state index in [1.165, 1.54) is 24.9 Å². The summed E-state index contributed by atoms with van der Waals surface area (Å²) in [6.45, 7) is 4.33. The standard InChI is InChI=1S/C24H32N2O3/c1-27-22-14-24(29-3)23(28-2)13-19(22)15-26-16-20-10-7-11-25(20)17-21(26)12-18-8-5-4-6-9-18/h4-6,8-9,13-14,20-21H,7,10-12,15-17H2,1-3H3/t20-,21-/m0/s1. The number of piperazine rings is 1. The molecule has 0 radical (unpaired) electrons. The summed E-state index contributed by atoms with van der Waals surface area (Å²) in [7, 11) is 5.07. The Labute approximate surface area is 174 Å². The Bertz CT molecular complexity index is 811.